The van der Waals surface area contributed by atoms with E-state index in [0.717, 1.165) is 29.4 Å². The number of carbonyl (C=O) groups is 1. The Bertz CT molecular complexity index is 1180. The molecular formula is C19H16FN7OS. The monoisotopic (exact) mass is 409 g/mol. The van der Waals surface area contributed by atoms with Gasteiger partial charge in [-0.15, -0.1) is 5.10 Å². The largest absolute Gasteiger partial charge is 0.338 e. The SMILES string of the molecule is O=C(CSc1nnnn1C1CC1)Nc1ccc2nc(-c3ccc(F)cc3)[nH]c2c1. The quantitative estimate of drug-likeness (QED) is 0.473. The second kappa shape index (κ2) is 7.28. The summed E-state index contributed by atoms with van der Waals surface area (Å²) in [6.45, 7) is 0. The summed E-state index contributed by atoms with van der Waals surface area (Å²) >= 11 is 1.32. The maximum atomic E-state index is 13.1. The number of aromatic nitrogens is 6. The van der Waals surface area contributed by atoms with Gasteiger partial charge in [0, 0.05) is 11.3 Å². The van der Waals surface area contributed by atoms with Gasteiger partial charge in [-0.25, -0.2) is 14.1 Å². The van der Waals surface area contributed by atoms with Crippen molar-refractivity contribution in [3.05, 3.63) is 48.3 Å². The van der Waals surface area contributed by atoms with Crippen molar-refractivity contribution in [2.75, 3.05) is 11.1 Å². The highest BCUT2D eigenvalue weighted by Gasteiger charge is 2.28. The summed E-state index contributed by atoms with van der Waals surface area (Å²) in [4.78, 5) is 20.0. The molecule has 29 heavy (non-hydrogen) atoms. The van der Waals surface area contributed by atoms with E-state index in [1.165, 1.54) is 23.9 Å². The molecule has 1 amide bonds. The van der Waals surface area contributed by atoms with E-state index < -0.39 is 0 Å². The fourth-order valence-electron chi connectivity index (χ4n) is 2.99. The van der Waals surface area contributed by atoms with E-state index >= 15 is 0 Å². The number of tetrazole rings is 1. The lowest BCUT2D eigenvalue weighted by Crippen LogP contribution is -2.14. The van der Waals surface area contributed by atoms with Crippen LogP contribution in [0.1, 0.15) is 18.9 Å². The lowest BCUT2D eigenvalue weighted by molar-refractivity contribution is -0.113. The van der Waals surface area contributed by atoms with E-state index in [9.17, 15) is 9.18 Å². The van der Waals surface area contributed by atoms with Gasteiger partial charge in [-0.2, -0.15) is 0 Å². The Labute approximate surface area is 168 Å². The molecule has 4 aromatic rings. The average molecular weight is 409 g/mol. The number of aromatic amines is 1. The van der Waals surface area contributed by atoms with Gasteiger partial charge in [0.1, 0.15) is 11.6 Å². The Morgan fingerprint density at radius 1 is 1.24 bits per heavy atom. The number of carbonyl (C=O) groups excluding carboxylic acids is 1. The fourth-order valence-corrected chi connectivity index (χ4v) is 3.73. The summed E-state index contributed by atoms with van der Waals surface area (Å²) in [5.74, 6) is 0.428. The number of hydrogen-bond acceptors (Lipinski definition) is 6. The molecule has 0 aliphatic heterocycles. The van der Waals surface area contributed by atoms with Gasteiger partial charge in [-0.3, -0.25) is 4.79 Å². The molecule has 1 saturated carbocycles. The van der Waals surface area contributed by atoms with Crippen LogP contribution in [0, 0.1) is 5.82 Å². The van der Waals surface area contributed by atoms with Crippen molar-refractivity contribution in [1.29, 1.82) is 0 Å². The second-order valence-electron chi connectivity index (χ2n) is 6.80. The second-order valence-corrected chi connectivity index (χ2v) is 7.74. The van der Waals surface area contributed by atoms with Gasteiger partial charge in [0.15, 0.2) is 0 Å². The van der Waals surface area contributed by atoms with Crippen LogP contribution in [0.25, 0.3) is 22.4 Å². The zero-order valence-electron chi connectivity index (χ0n) is 15.2. The van der Waals surface area contributed by atoms with E-state index in [1.54, 1.807) is 22.9 Å². The van der Waals surface area contributed by atoms with Crippen LogP contribution in [0.2, 0.25) is 0 Å². The summed E-state index contributed by atoms with van der Waals surface area (Å²) in [6, 6.07) is 11.9. The number of nitrogens with one attached hydrogen (secondary N) is 2. The Balaban J connectivity index is 1.27. The predicted octanol–water partition coefficient (Wildman–Crippen LogP) is 3.42. The summed E-state index contributed by atoms with van der Waals surface area (Å²) in [6.07, 6.45) is 2.16. The van der Waals surface area contributed by atoms with Crippen LogP contribution < -0.4 is 5.32 Å². The molecule has 8 nitrogen and oxygen atoms in total. The molecule has 2 heterocycles. The topological polar surface area (TPSA) is 101 Å². The van der Waals surface area contributed by atoms with Gasteiger partial charge < -0.3 is 10.3 Å². The highest BCUT2D eigenvalue weighted by atomic mass is 32.2. The van der Waals surface area contributed by atoms with Crippen molar-refractivity contribution in [2.24, 2.45) is 0 Å². The molecule has 1 aliphatic carbocycles. The number of imidazole rings is 1. The van der Waals surface area contributed by atoms with E-state index in [-0.39, 0.29) is 17.5 Å². The predicted molar refractivity (Wildman–Crippen MR) is 107 cm³/mol. The van der Waals surface area contributed by atoms with Crippen molar-refractivity contribution >= 4 is 34.4 Å². The molecule has 0 bridgehead atoms. The third-order valence-corrected chi connectivity index (χ3v) is 5.50. The number of halogens is 1. The van der Waals surface area contributed by atoms with Crippen LogP contribution >= 0.6 is 11.8 Å². The zero-order chi connectivity index (χ0) is 19.8. The van der Waals surface area contributed by atoms with Crippen molar-refractivity contribution in [3.63, 3.8) is 0 Å². The summed E-state index contributed by atoms with van der Waals surface area (Å²) in [5, 5.41) is 15.2. The van der Waals surface area contributed by atoms with Gasteiger partial charge in [-0.1, -0.05) is 11.8 Å². The minimum absolute atomic E-state index is 0.141. The van der Waals surface area contributed by atoms with E-state index in [4.69, 9.17) is 0 Å². The molecule has 0 atom stereocenters. The summed E-state index contributed by atoms with van der Waals surface area (Å²) in [7, 11) is 0. The maximum absolute atomic E-state index is 13.1. The van der Waals surface area contributed by atoms with Crippen LogP contribution in [0.15, 0.2) is 47.6 Å². The van der Waals surface area contributed by atoms with E-state index in [2.05, 4.69) is 30.8 Å². The maximum Gasteiger partial charge on any atom is 0.234 e. The normalized spacial score (nSPS) is 13.7. The number of benzene rings is 2. The molecule has 0 radical (unpaired) electrons. The highest BCUT2D eigenvalue weighted by molar-refractivity contribution is 7.99. The summed E-state index contributed by atoms with van der Waals surface area (Å²) < 4.78 is 14.9. The standard InChI is InChI=1S/C19H16FN7OS/c20-12-3-1-11(2-4-12)18-22-15-8-5-13(9-16(15)23-18)21-17(28)10-29-19-24-25-26-27(19)14-6-7-14/h1-5,8-9,14H,6-7,10H2,(H,21,28)(H,22,23). The molecule has 0 unspecified atom stereocenters. The lowest BCUT2D eigenvalue weighted by Gasteiger charge is -2.05. The number of fused-ring (bicyclic) bond motifs is 1. The minimum atomic E-state index is -0.293. The number of nitrogens with zero attached hydrogens (tertiary/aromatic N) is 5. The van der Waals surface area contributed by atoms with Crippen LogP contribution in [0.5, 0.6) is 0 Å². The third-order valence-electron chi connectivity index (χ3n) is 4.57. The molecule has 1 aliphatic rings. The van der Waals surface area contributed by atoms with Crippen molar-refractivity contribution in [3.8, 4) is 11.4 Å². The molecule has 0 saturated heterocycles. The van der Waals surface area contributed by atoms with Gasteiger partial charge in [-0.05, 0) is 65.7 Å². The molecule has 2 aromatic carbocycles. The smallest absolute Gasteiger partial charge is 0.234 e. The van der Waals surface area contributed by atoms with Crippen LogP contribution in [-0.2, 0) is 4.79 Å². The van der Waals surface area contributed by atoms with Crippen LogP contribution in [0.4, 0.5) is 10.1 Å². The Morgan fingerprint density at radius 3 is 2.86 bits per heavy atom. The minimum Gasteiger partial charge on any atom is -0.338 e. The number of hydrogen-bond donors (Lipinski definition) is 2. The Hall–Kier alpha value is -3.27. The first-order valence-electron chi connectivity index (χ1n) is 9.12. The summed E-state index contributed by atoms with van der Waals surface area (Å²) in [5.41, 5.74) is 3.00. The third kappa shape index (κ3) is 3.83. The molecule has 2 N–H and O–H groups in total. The average Bonchev–Trinajstić information content (AvgIpc) is 3.30. The molecule has 1 fully saturated rings. The molecule has 146 valence electrons. The Kier molecular flexibility index (Phi) is 4.47. The first kappa shape index (κ1) is 17.8. The van der Waals surface area contributed by atoms with Crippen LogP contribution in [0.3, 0.4) is 0 Å². The number of amides is 1. The number of anilines is 1. The molecule has 0 spiro atoms. The number of rotatable bonds is 6. The molecule has 5 rings (SSSR count). The van der Waals surface area contributed by atoms with Crippen molar-refractivity contribution in [2.45, 2.75) is 24.0 Å². The van der Waals surface area contributed by atoms with Gasteiger partial charge >= 0.3 is 0 Å². The first-order valence-corrected chi connectivity index (χ1v) is 10.1. The number of thioether (sulfide) groups is 1. The number of H-pyrrole nitrogens is 1. The lowest BCUT2D eigenvalue weighted by atomic mass is 10.2. The van der Waals surface area contributed by atoms with Gasteiger partial charge in [0.05, 0.1) is 22.8 Å². The Morgan fingerprint density at radius 2 is 2.07 bits per heavy atom. The molecule has 2 aromatic heterocycles. The van der Waals surface area contributed by atoms with E-state index in [1.807, 2.05) is 12.1 Å². The molecule has 10 heteroatoms. The van der Waals surface area contributed by atoms with Gasteiger partial charge in [0.2, 0.25) is 11.1 Å². The van der Waals surface area contributed by atoms with E-state index in [0.29, 0.717) is 22.7 Å². The highest BCUT2D eigenvalue weighted by Crippen LogP contribution is 2.36. The molecular weight excluding hydrogens is 393 g/mol. The fraction of sp³-hybridized carbons (Fsp3) is 0.211. The zero-order valence-corrected chi connectivity index (χ0v) is 16.0. The van der Waals surface area contributed by atoms with Crippen molar-refractivity contribution in [1.82, 2.24) is 30.2 Å². The van der Waals surface area contributed by atoms with Gasteiger partial charge in [0.25, 0.3) is 0 Å². The van der Waals surface area contributed by atoms with Crippen LogP contribution in [-0.4, -0.2) is 41.8 Å². The van der Waals surface area contributed by atoms with Crippen molar-refractivity contribution < 1.29 is 9.18 Å². The first-order chi connectivity index (χ1) is 14.2.